The van der Waals surface area contributed by atoms with Crippen molar-refractivity contribution in [3.63, 3.8) is 0 Å². The molecular weight excluding hydrogens is 1110 g/mol. The molecule has 7 heteroatoms. The summed E-state index contributed by atoms with van der Waals surface area (Å²) >= 11 is 0. The number of unbranched alkanes of at least 4 members (excludes halogenated alkanes) is 66. The molecule has 0 amide bonds. The van der Waals surface area contributed by atoms with E-state index in [-0.39, 0.29) is 37.7 Å². The molecule has 90 heavy (non-hydrogen) atoms. The molecule has 0 saturated carbocycles. The van der Waals surface area contributed by atoms with Crippen LogP contribution in [0.4, 0.5) is 0 Å². The van der Waals surface area contributed by atoms with E-state index in [0.29, 0.717) is 19.3 Å². The molecule has 0 aliphatic carbocycles. The highest BCUT2D eigenvalue weighted by Crippen LogP contribution is 2.24. The van der Waals surface area contributed by atoms with Gasteiger partial charge in [0.15, 0.2) is 0 Å². The van der Waals surface area contributed by atoms with Gasteiger partial charge in [0, 0.05) is 19.3 Å². The van der Waals surface area contributed by atoms with Crippen molar-refractivity contribution in [1.29, 1.82) is 0 Å². The second kappa shape index (κ2) is 76.4. The Balaban J connectivity index is 4.42. The van der Waals surface area contributed by atoms with Crippen LogP contribution in [0, 0.1) is 5.41 Å². The highest BCUT2D eigenvalue weighted by atomic mass is 16.6. The zero-order valence-electron chi connectivity index (χ0n) is 61.6. The van der Waals surface area contributed by atoms with E-state index in [9.17, 15) is 19.5 Å². The van der Waals surface area contributed by atoms with Gasteiger partial charge in [-0.25, -0.2) is 0 Å². The molecule has 0 heterocycles. The maximum Gasteiger partial charge on any atom is 0.305 e. The van der Waals surface area contributed by atoms with Gasteiger partial charge in [0.25, 0.3) is 0 Å². The van der Waals surface area contributed by atoms with E-state index < -0.39 is 12.0 Å². The van der Waals surface area contributed by atoms with Gasteiger partial charge in [-0.2, -0.15) is 0 Å². The second-order valence-electron chi connectivity index (χ2n) is 29.2. The van der Waals surface area contributed by atoms with E-state index in [1.807, 2.05) is 0 Å². The molecule has 0 aromatic heterocycles. The van der Waals surface area contributed by atoms with Crippen molar-refractivity contribution in [2.24, 2.45) is 5.41 Å². The Labute approximate surface area is 563 Å². The third kappa shape index (κ3) is 70.7. The number of carbonyl (C=O) groups is 3. The summed E-state index contributed by atoms with van der Waals surface area (Å²) in [6.07, 6.45) is 92.8. The third-order valence-corrected chi connectivity index (χ3v) is 19.9. The van der Waals surface area contributed by atoms with Gasteiger partial charge in [-0.05, 0) is 19.3 Å². The Morgan fingerprint density at radius 2 is 0.311 bits per heavy atom. The molecule has 0 rings (SSSR count). The molecule has 0 fully saturated rings. The third-order valence-electron chi connectivity index (χ3n) is 19.9. The highest BCUT2D eigenvalue weighted by molar-refractivity contribution is 5.70. The predicted molar refractivity (Wildman–Crippen MR) is 392 cm³/mol. The first-order valence-electron chi connectivity index (χ1n) is 41.5. The van der Waals surface area contributed by atoms with Crippen LogP contribution in [-0.2, 0) is 28.6 Å². The summed E-state index contributed by atoms with van der Waals surface area (Å²) in [5, 5.41) is 10.7. The Kier molecular flexibility index (Phi) is 75.0. The van der Waals surface area contributed by atoms with Crippen LogP contribution in [0.1, 0.15) is 483 Å². The standard InChI is InChI=1S/C83H162O7/c1-4-7-10-13-16-19-22-25-28-31-34-37-40-43-46-49-52-55-58-61-64-67-70-73-80(85)88-77-83(76-84,78-89-81(86)74-71-68-65-62-59-56-53-50-47-44-41-38-35-32-29-26-23-20-17-14-11-8-5-2)79-90-82(87)75-72-69-66-63-60-57-54-51-48-45-42-39-36-33-30-27-24-21-18-15-12-9-6-3/h84H,4-79H2,1-3H3. The first-order chi connectivity index (χ1) is 44.4. The summed E-state index contributed by atoms with van der Waals surface area (Å²) in [7, 11) is 0. The van der Waals surface area contributed by atoms with E-state index in [1.54, 1.807) is 0 Å². The topological polar surface area (TPSA) is 99.1 Å². The van der Waals surface area contributed by atoms with Gasteiger partial charge in [0.05, 0.1) is 12.0 Å². The van der Waals surface area contributed by atoms with E-state index in [2.05, 4.69) is 20.8 Å². The molecule has 0 unspecified atom stereocenters. The Bertz CT molecular complexity index is 1240. The maximum atomic E-state index is 13.0. The summed E-state index contributed by atoms with van der Waals surface area (Å²) in [5.41, 5.74) is -1.19. The number of aliphatic hydroxyl groups is 1. The SMILES string of the molecule is CCCCCCCCCCCCCCCCCCCCCCCCCC(=O)OCC(CO)(COC(=O)CCCCCCCCCCCCCCCCCCCCCCCCC)COC(=O)CCCCCCCCCCCCCCCCCCCCCCCCC. The van der Waals surface area contributed by atoms with Crippen molar-refractivity contribution in [3.05, 3.63) is 0 Å². The molecule has 0 atom stereocenters. The van der Waals surface area contributed by atoms with Crippen LogP contribution in [0.25, 0.3) is 0 Å². The van der Waals surface area contributed by atoms with Crippen LogP contribution < -0.4 is 0 Å². The van der Waals surface area contributed by atoms with Gasteiger partial charge in [0.1, 0.15) is 19.8 Å². The molecule has 536 valence electrons. The maximum absolute atomic E-state index is 13.0. The van der Waals surface area contributed by atoms with Gasteiger partial charge in [-0.3, -0.25) is 14.4 Å². The highest BCUT2D eigenvalue weighted by Gasteiger charge is 2.35. The molecule has 0 radical (unpaired) electrons. The quantitative estimate of drug-likeness (QED) is 0.0368. The summed E-state index contributed by atoms with van der Waals surface area (Å²) in [5.74, 6) is -0.947. The predicted octanol–water partition coefficient (Wildman–Crippen LogP) is 27.7. The lowest BCUT2D eigenvalue weighted by Gasteiger charge is -2.30. The average Bonchev–Trinajstić information content (AvgIpc) is 3.03. The van der Waals surface area contributed by atoms with Crippen LogP contribution in [0.5, 0.6) is 0 Å². The zero-order valence-corrected chi connectivity index (χ0v) is 61.6. The smallest absolute Gasteiger partial charge is 0.305 e. The van der Waals surface area contributed by atoms with E-state index >= 15 is 0 Å². The lowest BCUT2D eigenvalue weighted by atomic mass is 9.92. The van der Waals surface area contributed by atoms with E-state index in [0.717, 1.165) is 57.8 Å². The summed E-state index contributed by atoms with van der Waals surface area (Å²) in [6, 6.07) is 0. The lowest BCUT2D eigenvalue weighted by Crippen LogP contribution is -2.42. The Hall–Kier alpha value is -1.63. The lowest BCUT2D eigenvalue weighted by molar-refractivity contribution is -0.165. The van der Waals surface area contributed by atoms with Gasteiger partial charge < -0.3 is 19.3 Å². The van der Waals surface area contributed by atoms with Crippen LogP contribution in [-0.4, -0.2) is 49.4 Å². The molecule has 1 N–H and O–H groups in total. The number of ether oxygens (including phenoxy) is 3. The molecule has 0 aliphatic rings. The van der Waals surface area contributed by atoms with Crippen LogP contribution in [0.2, 0.25) is 0 Å². The van der Waals surface area contributed by atoms with Crippen molar-refractivity contribution in [2.75, 3.05) is 26.4 Å². The second-order valence-corrected chi connectivity index (χ2v) is 29.2. The summed E-state index contributed by atoms with van der Waals surface area (Å²) in [6.45, 7) is 6.01. The molecule has 7 nitrogen and oxygen atoms in total. The van der Waals surface area contributed by atoms with Crippen molar-refractivity contribution in [3.8, 4) is 0 Å². The van der Waals surface area contributed by atoms with Crippen LogP contribution in [0.3, 0.4) is 0 Å². The van der Waals surface area contributed by atoms with Gasteiger partial charge in [0.2, 0.25) is 0 Å². The summed E-state index contributed by atoms with van der Waals surface area (Å²) in [4.78, 5) is 39.1. The number of esters is 3. The van der Waals surface area contributed by atoms with Crippen molar-refractivity contribution in [2.45, 2.75) is 483 Å². The van der Waals surface area contributed by atoms with Gasteiger partial charge >= 0.3 is 17.9 Å². The van der Waals surface area contributed by atoms with E-state index in [4.69, 9.17) is 14.2 Å². The van der Waals surface area contributed by atoms with Crippen molar-refractivity contribution < 1.29 is 33.7 Å². The minimum Gasteiger partial charge on any atom is -0.465 e. The monoisotopic (exact) mass is 1270 g/mol. The zero-order chi connectivity index (χ0) is 65.1. The number of aliphatic hydroxyl groups excluding tert-OH is 1. The van der Waals surface area contributed by atoms with Gasteiger partial charge in [-0.1, -0.05) is 445 Å². The number of hydrogen-bond acceptors (Lipinski definition) is 7. The molecule has 0 aromatic carbocycles. The number of hydrogen-bond donors (Lipinski definition) is 1. The van der Waals surface area contributed by atoms with Gasteiger partial charge in [-0.15, -0.1) is 0 Å². The first kappa shape index (κ1) is 88.4. The first-order valence-corrected chi connectivity index (χ1v) is 41.5. The minimum absolute atomic E-state index is 0.152. The fraction of sp³-hybridized carbons (Fsp3) is 0.964. The fourth-order valence-electron chi connectivity index (χ4n) is 13.3. The largest absolute Gasteiger partial charge is 0.465 e. The molecule has 0 aliphatic heterocycles. The Morgan fingerprint density at radius 3 is 0.422 bits per heavy atom. The normalized spacial score (nSPS) is 11.7. The van der Waals surface area contributed by atoms with E-state index in [1.165, 1.54) is 385 Å². The van der Waals surface area contributed by atoms with Crippen LogP contribution >= 0.6 is 0 Å². The molecule has 0 saturated heterocycles. The number of carbonyl (C=O) groups excluding carboxylic acids is 3. The van der Waals surface area contributed by atoms with Crippen molar-refractivity contribution >= 4 is 17.9 Å². The molecule has 0 aromatic rings. The van der Waals surface area contributed by atoms with Crippen molar-refractivity contribution in [1.82, 2.24) is 0 Å². The molecule has 0 spiro atoms. The Morgan fingerprint density at radius 1 is 0.200 bits per heavy atom. The minimum atomic E-state index is -1.19. The average molecular weight is 1270 g/mol. The number of rotatable bonds is 79. The fourth-order valence-corrected chi connectivity index (χ4v) is 13.3. The molecule has 0 bridgehead atoms. The summed E-state index contributed by atoms with van der Waals surface area (Å²) < 4.78 is 17.3. The van der Waals surface area contributed by atoms with Crippen LogP contribution in [0.15, 0.2) is 0 Å². The molecular formula is C83H162O7.